The van der Waals surface area contributed by atoms with Crippen molar-refractivity contribution in [3.63, 3.8) is 0 Å². The van der Waals surface area contributed by atoms with E-state index in [4.69, 9.17) is 4.42 Å². The molecule has 2 aromatic heterocycles. The molecule has 1 amide bonds. The Balaban J connectivity index is 1.59. The first-order chi connectivity index (χ1) is 19.2. The number of sulfonamides is 1. The summed E-state index contributed by atoms with van der Waals surface area (Å²) < 4.78 is 50.2. The molecule has 1 unspecified atom stereocenters. The maximum Gasteiger partial charge on any atom is 0.255 e. The maximum absolute atomic E-state index is 13.6. The molecular formula is C29H31FN4O4S2. The van der Waals surface area contributed by atoms with Crippen LogP contribution < -0.4 is 9.62 Å². The van der Waals surface area contributed by atoms with Crippen LogP contribution in [0.5, 0.6) is 0 Å². The molecule has 0 saturated carbocycles. The number of piperidine rings is 1. The number of benzene rings is 2. The van der Waals surface area contributed by atoms with Crippen molar-refractivity contribution in [3.8, 4) is 11.3 Å². The molecule has 2 aromatic carbocycles. The van der Waals surface area contributed by atoms with Gasteiger partial charge in [-0.25, -0.2) is 17.1 Å². The standard InChI is InChI=1S/C29H31FN4O4S2/c1-31-29(35)27-24-14-23(21-7-5-13-34(17-21)40(36,37)18-19-6-4-12-32-16-19)25(33(2)39-3)15-26(24)38-28(27)20-8-10-22(30)11-9-20/h4,6,8-12,14-16,21H,5,7,13,17-18H2,1-3H3,(H,31,35). The molecule has 1 aliphatic heterocycles. The van der Waals surface area contributed by atoms with E-state index in [-0.39, 0.29) is 23.4 Å². The first-order valence-electron chi connectivity index (χ1n) is 12.9. The summed E-state index contributed by atoms with van der Waals surface area (Å²) in [5, 5.41) is 3.33. The highest BCUT2D eigenvalue weighted by Crippen LogP contribution is 2.42. The lowest BCUT2D eigenvalue weighted by Crippen LogP contribution is -2.40. The van der Waals surface area contributed by atoms with Crippen molar-refractivity contribution in [2.24, 2.45) is 0 Å². The van der Waals surface area contributed by atoms with Crippen LogP contribution in [0.4, 0.5) is 10.1 Å². The lowest BCUT2D eigenvalue weighted by molar-refractivity contribution is 0.0964. The van der Waals surface area contributed by atoms with Crippen molar-refractivity contribution in [1.82, 2.24) is 14.6 Å². The van der Waals surface area contributed by atoms with Gasteiger partial charge in [-0.3, -0.25) is 9.78 Å². The molecular weight excluding hydrogens is 551 g/mol. The molecule has 0 spiro atoms. The van der Waals surface area contributed by atoms with Gasteiger partial charge in [-0.1, -0.05) is 18.0 Å². The Morgan fingerprint density at radius 1 is 1.25 bits per heavy atom. The summed E-state index contributed by atoms with van der Waals surface area (Å²) in [5.74, 6) is -0.540. The lowest BCUT2D eigenvalue weighted by Gasteiger charge is -2.34. The molecule has 3 heterocycles. The minimum atomic E-state index is -3.56. The summed E-state index contributed by atoms with van der Waals surface area (Å²) in [6.07, 6.45) is 6.68. The number of aromatic nitrogens is 1. The molecule has 0 bridgehead atoms. The molecule has 0 aliphatic carbocycles. The van der Waals surface area contributed by atoms with E-state index in [1.165, 1.54) is 24.1 Å². The number of furan rings is 1. The Morgan fingerprint density at radius 2 is 2.02 bits per heavy atom. The predicted molar refractivity (Wildman–Crippen MR) is 157 cm³/mol. The van der Waals surface area contributed by atoms with Gasteiger partial charge in [0.1, 0.15) is 17.2 Å². The number of carbonyl (C=O) groups is 1. The second kappa shape index (κ2) is 11.6. The molecule has 1 fully saturated rings. The van der Waals surface area contributed by atoms with Crippen molar-refractivity contribution in [3.05, 3.63) is 83.4 Å². The van der Waals surface area contributed by atoms with Crippen molar-refractivity contribution >= 4 is 44.5 Å². The van der Waals surface area contributed by atoms with Gasteiger partial charge in [0.25, 0.3) is 5.91 Å². The largest absolute Gasteiger partial charge is 0.455 e. The molecule has 1 atom stereocenters. The van der Waals surface area contributed by atoms with Gasteiger partial charge in [0.2, 0.25) is 10.0 Å². The van der Waals surface area contributed by atoms with Gasteiger partial charge in [-0.2, -0.15) is 0 Å². The number of hydrogen-bond donors (Lipinski definition) is 1. The summed E-state index contributed by atoms with van der Waals surface area (Å²) in [6.45, 7) is 0.792. The van der Waals surface area contributed by atoms with Crippen LogP contribution in [-0.4, -0.2) is 57.1 Å². The minimum Gasteiger partial charge on any atom is -0.455 e. The van der Waals surface area contributed by atoms with Crippen LogP contribution in [0, 0.1) is 5.82 Å². The number of carbonyl (C=O) groups excluding carboxylic acids is 1. The third-order valence-electron chi connectivity index (χ3n) is 7.30. The third-order valence-corrected chi connectivity index (χ3v) is 9.86. The summed E-state index contributed by atoms with van der Waals surface area (Å²) in [7, 11) is -0.0611. The van der Waals surface area contributed by atoms with Crippen molar-refractivity contribution < 1.29 is 22.0 Å². The average molecular weight is 583 g/mol. The predicted octanol–water partition coefficient (Wildman–Crippen LogP) is 5.42. The van der Waals surface area contributed by atoms with E-state index in [0.717, 1.165) is 17.7 Å². The van der Waals surface area contributed by atoms with E-state index in [9.17, 15) is 17.6 Å². The zero-order valence-electron chi connectivity index (χ0n) is 22.6. The van der Waals surface area contributed by atoms with Gasteiger partial charge < -0.3 is 14.0 Å². The number of nitrogens with one attached hydrogen (secondary N) is 1. The van der Waals surface area contributed by atoms with E-state index in [0.29, 0.717) is 52.9 Å². The monoisotopic (exact) mass is 582 g/mol. The number of anilines is 1. The van der Waals surface area contributed by atoms with Gasteiger partial charge in [0.05, 0.1) is 17.0 Å². The van der Waals surface area contributed by atoms with Crippen LogP contribution in [0.2, 0.25) is 0 Å². The van der Waals surface area contributed by atoms with Crippen LogP contribution in [0.25, 0.3) is 22.3 Å². The molecule has 1 N–H and O–H groups in total. The Labute approximate surface area is 237 Å². The van der Waals surface area contributed by atoms with Crippen molar-refractivity contribution in [2.45, 2.75) is 24.5 Å². The van der Waals surface area contributed by atoms with E-state index >= 15 is 0 Å². The van der Waals surface area contributed by atoms with Crippen LogP contribution >= 0.6 is 11.9 Å². The number of nitrogens with zero attached hydrogens (tertiary/aromatic N) is 3. The number of halogens is 1. The zero-order chi connectivity index (χ0) is 28.4. The first-order valence-corrected chi connectivity index (χ1v) is 15.7. The molecule has 5 rings (SSSR count). The summed E-state index contributed by atoms with van der Waals surface area (Å²) in [4.78, 5) is 17.2. The SMILES string of the molecule is CNC(=O)c1c(-c2ccc(F)cc2)oc2cc(N(C)SC)c(C3CCCN(S(=O)(=O)Cc4cccnc4)C3)cc12. The van der Waals surface area contributed by atoms with Gasteiger partial charge >= 0.3 is 0 Å². The van der Waals surface area contributed by atoms with Crippen molar-refractivity contribution in [1.29, 1.82) is 0 Å². The molecule has 210 valence electrons. The number of fused-ring (bicyclic) bond motifs is 1. The molecule has 11 heteroatoms. The van der Waals surface area contributed by atoms with Gasteiger partial charge in [-0.05, 0) is 66.3 Å². The second-order valence-corrected chi connectivity index (χ2v) is 12.7. The summed E-state index contributed by atoms with van der Waals surface area (Å²) in [6, 6.07) is 13.2. The second-order valence-electron chi connectivity index (χ2n) is 9.79. The normalized spacial score (nSPS) is 16.2. The van der Waals surface area contributed by atoms with E-state index in [1.807, 2.05) is 29.7 Å². The molecule has 8 nitrogen and oxygen atoms in total. The highest BCUT2D eigenvalue weighted by atomic mass is 32.2. The first kappa shape index (κ1) is 28.1. The van der Waals surface area contributed by atoms with E-state index < -0.39 is 10.0 Å². The van der Waals surface area contributed by atoms with Crippen LogP contribution in [0.15, 0.2) is 65.3 Å². The fourth-order valence-corrected chi connectivity index (χ4v) is 7.18. The smallest absolute Gasteiger partial charge is 0.255 e. The molecule has 40 heavy (non-hydrogen) atoms. The highest BCUT2D eigenvalue weighted by molar-refractivity contribution is 7.99. The molecule has 4 aromatic rings. The number of amides is 1. The highest BCUT2D eigenvalue weighted by Gasteiger charge is 2.33. The van der Waals surface area contributed by atoms with Gasteiger partial charge in [0, 0.05) is 62.9 Å². The fourth-order valence-electron chi connectivity index (χ4n) is 5.24. The Hall–Kier alpha value is -3.41. The maximum atomic E-state index is 13.6. The molecule has 1 aliphatic rings. The van der Waals surface area contributed by atoms with Gasteiger partial charge in [0.15, 0.2) is 0 Å². The quantitative estimate of drug-likeness (QED) is 0.277. The fraction of sp³-hybridized carbons (Fsp3) is 0.310. The summed E-state index contributed by atoms with van der Waals surface area (Å²) in [5.41, 5.74) is 3.95. The van der Waals surface area contributed by atoms with E-state index in [2.05, 4.69) is 10.3 Å². The van der Waals surface area contributed by atoms with Crippen LogP contribution in [0.1, 0.15) is 40.2 Å². The average Bonchev–Trinajstić information content (AvgIpc) is 3.35. The Morgan fingerprint density at radius 3 is 2.70 bits per heavy atom. The topological polar surface area (TPSA) is 95.8 Å². The Kier molecular flexibility index (Phi) is 8.16. The Bertz CT molecular complexity index is 1630. The van der Waals surface area contributed by atoms with Crippen LogP contribution in [-0.2, 0) is 15.8 Å². The number of pyridine rings is 1. The molecule has 1 saturated heterocycles. The molecule has 0 radical (unpaired) electrons. The van der Waals surface area contributed by atoms with Crippen LogP contribution in [0.3, 0.4) is 0 Å². The van der Waals surface area contributed by atoms with E-state index in [1.54, 1.807) is 48.0 Å². The van der Waals surface area contributed by atoms with Crippen molar-refractivity contribution in [2.75, 3.05) is 37.7 Å². The summed E-state index contributed by atoms with van der Waals surface area (Å²) >= 11 is 1.52. The lowest BCUT2D eigenvalue weighted by atomic mass is 9.89. The van der Waals surface area contributed by atoms with Gasteiger partial charge in [-0.15, -0.1) is 0 Å². The zero-order valence-corrected chi connectivity index (χ0v) is 24.2. The number of hydrogen-bond acceptors (Lipinski definition) is 7. The number of rotatable bonds is 8. The minimum absolute atomic E-state index is 0.0897. The third kappa shape index (κ3) is 5.59.